The van der Waals surface area contributed by atoms with Crippen molar-refractivity contribution < 1.29 is 13.2 Å². The number of benzene rings is 1. The molecular formula is C18H21ClN2O3S2. The molecule has 1 N–H and O–H groups in total. The topological polar surface area (TPSA) is 66.5 Å². The van der Waals surface area contributed by atoms with Crippen molar-refractivity contribution in [1.82, 2.24) is 9.62 Å². The van der Waals surface area contributed by atoms with Gasteiger partial charge in [-0.1, -0.05) is 18.5 Å². The number of hydrogen-bond donors (Lipinski definition) is 1. The van der Waals surface area contributed by atoms with Crippen molar-refractivity contribution in [2.45, 2.75) is 30.5 Å². The standard InChI is InChI=1S/C18H21ClN2O3S2/c1-13-8-10-21(11-9-13)26(23,24)17-7-6-16(25-17)12-20-18(22)14-2-4-15(19)5-3-14/h2-7,13H,8-12H2,1H3,(H,20,22). The van der Waals surface area contributed by atoms with Crippen molar-refractivity contribution in [3.63, 3.8) is 0 Å². The van der Waals surface area contributed by atoms with E-state index in [-0.39, 0.29) is 5.91 Å². The lowest BCUT2D eigenvalue weighted by atomic mass is 10.0. The Labute approximate surface area is 163 Å². The summed E-state index contributed by atoms with van der Waals surface area (Å²) in [6.07, 6.45) is 1.79. The largest absolute Gasteiger partial charge is 0.347 e. The highest BCUT2D eigenvalue weighted by Gasteiger charge is 2.29. The van der Waals surface area contributed by atoms with Crippen molar-refractivity contribution in [2.75, 3.05) is 13.1 Å². The number of sulfonamides is 1. The molecule has 0 spiro atoms. The third-order valence-corrected chi connectivity index (χ3v) is 8.21. The van der Waals surface area contributed by atoms with E-state index >= 15 is 0 Å². The lowest BCUT2D eigenvalue weighted by Gasteiger charge is -2.28. The number of hydrogen-bond acceptors (Lipinski definition) is 4. The van der Waals surface area contributed by atoms with Crippen molar-refractivity contribution in [1.29, 1.82) is 0 Å². The van der Waals surface area contributed by atoms with Gasteiger partial charge in [-0.25, -0.2) is 8.42 Å². The average Bonchev–Trinajstić information content (AvgIpc) is 3.10. The number of carbonyl (C=O) groups is 1. The smallest absolute Gasteiger partial charge is 0.252 e. The first kappa shape index (κ1) is 19.4. The second-order valence-electron chi connectivity index (χ2n) is 6.50. The fraction of sp³-hybridized carbons (Fsp3) is 0.389. The summed E-state index contributed by atoms with van der Waals surface area (Å²) in [6.45, 7) is 3.59. The van der Waals surface area contributed by atoms with Gasteiger partial charge in [0.2, 0.25) is 0 Å². The zero-order valence-corrected chi connectivity index (χ0v) is 16.8. The maximum atomic E-state index is 12.7. The highest BCUT2D eigenvalue weighted by atomic mass is 35.5. The van der Waals surface area contributed by atoms with E-state index in [1.54, 1.807) is 40.7 Å². The number of piperidine rings is 1. The van der Waals surface area contributed by atoms with E-state index in [1.165, 1.54) is 11.3 Å². The molecular weight excluding hydrogens is 392 g/mol. The molecule has 0 bridgehead atoms. The molecule has 0 saturated carbocycles. The van der Waals surface area contributed by atoms with Gasteiger partial charge >= 0.3 is 0 Å². The number of thiophene rings is 1. The Balaban J connectivity index is 1.62. The summed E-state index contributed by atoms with van der Waals surface area (Å²) in [6, 6.07) is 10.0. The molecule has 1 aliphatic heterocycles. The Morgan fingerprint density at radius 2 is 1.85 bits per heavy atom. The van der Waals surface area contributed by atoms with E-state index in [1.807, 2.05) is 0 Å². The number of rotatable bonds is 5. The van der Waals surface area contributed by atoms with Gasteiger partial charge in [0, 0.05) is 28.6 Å². The number of carbonyl (C=O) groups excluding carboxylic acids is 1. The fourth-order valence-electron chi connectivity index (χ4n) is 2.82. The summed E-state index contributed by atoms with van der Waals surface area (Å²) >= 11 is 7.02. The summed E-state index contributed by atoms with van der Waals surface area (Å²) in [4.78, 5) is 12.9. The Hall–Kier alpha value is -1.41. The minimum Gasteiger partial charge on any atom is -0.347 e. The summed E-state index contributed by atoms with van der Waals surface area (Å²) in [5, 5.41) is 3.38. The van der Waals surface area contributed by atoms with Crippen molar-refractivity contribution in [3.05, 3.63) is 51.9 Å². The predicted molar refractivity (Wildman–Crippen MR) is 104 cm³/mol. The Kier molecular flexibility index (Phi) is 6.02. The number of halogens is 1. The highest BCUT2D eigenvalue weighted by Crippen LogP contribution is 2.28. The van der Waals surface area contributed by atoms with Crippen LogP contribution in [0.15, 0.2) is 40.6 Å². The monoisotopic (exact) mass is 412 g/mol. The molecule has 1 aliphatic rings. The maximum Gasteiger partial charge on any atom is 0.252 e. The van der Waals surface area contributed by atoms with Crippen LogP contribution in [0.5, 0.6) is 0 Å². The second kappa shape index (κ2) is 8.08. The van der Waals surface area contributed by atoms with Gasteiger partial charge in [0.25, 0.3) is 15.9 Å². The first-order valence-corrected chi connectivity index (χ1v) is 11.1. The van der Waals surface area contributed by atoms with E-state index in [4.69, 9.17) is 11.6 Å². The van der Waals surface area contributed by atoms with Crippen molar-refractivity contribution >= 4 is 38.9 Å². The van der Waals surface area contributed by atoms with Gasteiger partial charge in [0.15, 0.2) is 0 Å². The summed E-state index contributed by atoms with van der Waals surface area (Å²) in [7, 11) is -3.44. The van der Waals surface area contributed by atoms with Crippen LogP contribution >= 0.6 is 22.9 Å². The molecule has 2 heterocycles. The highest BCUT2D eigenvalue weighted by molar-refractivity contribution is 7.91. The Morgan fingerprint density at radius 3 is 2.50 bits per heavy atom. The van der Waals surface area contributed by atoms with Crippen LogP contribution in [0.2, 0.25) is 5.02 Å². The molecule has 0 aliphatic carbocycles. The third-order valence-electron chi connectivity index (χ3n) is 4.50. The average molecular weight is 413 g/mol. The lowest BCUT2D eigenvalue weighted by molar-refractivity contribution is 0.0951. The molecule has 0 radical (unpaired) electrons. The van der Waals surface area contributed by atoms with Crippen molar-refractivity contribution in [3.8, 4) is 0 Å². The first-order chi connectivity index (χ1) is 12.4. The quantitative estimate of drug-likeness (QED) is 0.813. The molecule has 0 unspecified atom stereocenters. The van der Waals surface area contributed by atoms with E-state index in [0.29, 0.717) is 40.3 Å². The van der Waals surface area contributed by atoms with Gasteiger partial charge in [-0.05, 0) is 55.2 Å². The lowest BCUT2D eigenvalue weighted by Crippen LogP contribution is -2.37. The SMILES string of the molecule is CC1CCN(S(=O)(=O)c2ccc(CNC(=O)c3ccc(Cl)cc3)s2)CC1. The van der Waals surface area contributed by atoms with Crippen LogP contribution in [0, 0.1) is 5.92 Å². The van der Waals surface area contributed by atoms with Crippen LogP contribution in [0.1, 0.15) is 35.0 Å². The molecule has 26 heavy (non-hydrogen) atoms. The van der Waals surface area contributed by atoms with Gasteiger partial charge in [-0.3, -0.25) is 4.79 Å². The third kappa shape index (κ3) is 4.46. The van der Waals surface area contributed by atoms with Gasteiger partial charge in [0.1, 0.15) is 4.21 Å². The van der Waals surface area contributed by atoms with Crippen LogP contribution in [-0.4, -0.2) is 31.7 Å². The molecule has 1 aromatic carbocycles. The Bertz CT molecular complexity index is 870. The van der Waals surface area contributed by atoms with E-state index in [9.17, 15) is 13.2 Å². The molecule has 1 saturated heterocycles. The molecule has 3 rings (SSSR count). The summed E-state index contributed by atoms with van der Waals surface area (Å²) < 4.78 is 27.4. The van der Waals surface area contributed by atoms with Gasteiger partial charge in [-0.15, -0.1) is 11.3 Å². The van der Waals surface area contributed by atoms with Crippen molar-refractivity contribution in [2.24, 2.45) is 5.92 Å². The van der Waals surface area contributed by atoms with E-state index in [2.05, 4.69) is 12.2 Å². The zero-order valence-electron chi connectivity index (χ0n) is 14.4. The Morgan fingerprint density at radius 1 is 1.19 bits per heavy atom. The molecule has 1 amide bonds. The first-order valence-electron chi connectivity index (χ1n) is 8.49. The second-order valence-corrected chi connectivity index (χ2v) is 10.3. The van der Waals surface area contributed by atoms with Crippen LogP contribution < -0.4 is 5.32 Å². The molecule has 8 heteroatoms. The van der Waals surface area contributed by atoms with Crippen LogP contribution in [0.4, 0.5) is 0 Å². The molecule has 5 nitrogen and oxygen atoms in total. The number of amides is 1. The van der Waals surface area contributed by atoms with Crippen LogP contribution in [0.3, 0.4) is 0 Å². The minimum atomic E-state index is -3.44. The molecule has 0 atom stereocenters. The summed E-state index contributed by atoms with van der Waals surface area (Å²) in [5.41, 5.74) is 0.515. The normalized spacial score (nSPS) is 16.5. The molecule has 140 valence electrons. The fourth-order valence-corrected chi connectivity index (χ4v) is 5.86. The molecule has 1 fully saturated rings. The number of nitrogens with one attached hydrogen (secondary N) is 1. The maximum absolute atomic E-state index is 12.7. The zero-order chi connectivity index (χ0) is 18.7. The van der Waals surface area contributed by atoms with Gasteiger partial charge in [0.05, 0.1) is 6.54 Å². The summed E-state index contributed by atoms with van der Waals surface area (Å²) in [5.74, 6) is 0.355. The number of nitrogens with zero attached hydrogens (tertiary/aromatic N) is 1. The van der Waals surface area contributed by atoms with Gasteiger partial charge < -0.3 is 5.32 Å². The predicted octanol–water partition coefficient (Wildman–Crippen LogP) is 3.75. The van der Waals surface area contributed by atoms with Crippen LogP contribution in [0.25, 0.3) is 0 Å². The van der Waals surface area contributed by atoms with Crippen LogP contribution in [-0.2, 0) is 16.6 Å². The minimum absolute atomic E-state index is 0.218. The molecule has 2 aromatic rings. The van der Waals surface area contributed by atoms with Gasteiger partial charge in [-0.2, -0.15) is 4.31 Å². The molecule has 1 aromatic heterocycles. The van der Waals surface area contributed by atoms with E-state index < -0.39 is 10.0 Å². The van der Waals surface area contributed by atoms with E-state index in [0.717, 1.165) is 17.7 Å².